The summed E-state index contributed by atoms with van der Waals surface area (Å²) in [6, 6.07) is 12.7. The molecule has 0 aromatic heterocycles. The maximum Gasteiger partial charge on any atom is 0.133 e. The first-order chi connectivity index (χ1) is 10.1. The van der Waals surface area contributed by atoms with Gasteiger partial charge in [0, 0.05) is 17.7 Å². The lowest BCUT2D eigenvalue weighted by Gasteiger charge is -2.15. The first-order valence-corrected chi connectivity index (χ1v) is 7.64. The zero-order valence-corrected chi connectivity index (χ0v) is 13.9. The molecule has 2 rings (SSSR count). The van der Waals surface area contributed by atoms with Crippen molar-refractivity contribution in [2.75, 3.05) is 20.3 Å². The second-order valence-electron chi connectivity index (χ2n) is 4.46. The molecule has 3 nitrogen and oxygen atoms in total. The molecule has 0 aliphatic carbocycles. The van der Waals surface area contributed by atoms with Crippen LogP contribution >= 0.6 is 27.5 Å². The maximum atomic E-state index is 10.4. The molecule has 0 spiro atoms. The van der Waals surface area contributed by atoms with E-state index in [2.05, 4.69) is 15.9 Å². The van der Waals surface area contributed by atoms with Gasteiger partial charge in [-0.3, -0.25) is 0 Å². The summed E-state index contributed by atoms with van der Waals surface area (Å²) in [6.45, 7) is 0.998. The minimum absolute atomic E-state index is 0.474. The van der Waals surface area contributed by atoms with E-state index >= 15 is 0 Å². The fraction of sp³-hybridized carbons (Fsp3) is 0.250. The van der Waals surface area contributed by atoms with Crippen LogP contribution in [0.1, 0.15) is 17.2 Å². The SMILES string of the molecule is COCCOc1ccc(C(O)c2ccccc2Cl)cc1Br. The summed E-state index contributed by atoms with van der Waals surface area (Å²) >= 11 is 9.56. The van der Waals surface area contributed by atoms with E-state index in [4.69, 9.17) is 21.1 Å². The topological polar surface area (TPSA) is 38.7 Å². The molecule has 0 aliphatic heterocycles. The van der Waals surface area contributed by atoms with Gasteiger partial charge in [-0.15, -0.1) is 0 Å². The quantitative estimate of drug-likeness (QED) is 0.773. The molecule has 21 heavy (non-hydrogen) atoms. The monoisotopic (exact) mass is 370 g/mol. The van der Waals surface area contributed by atoms with E-state index in [0.717, 1.165) is 10.0 Å². The third-order valence-electron chi connectivity index (χ3n) is 3.02. The van der Waals surface area contributed by atoms with Crippen LogP contribution in [0, 0.1) is 0 Å². The van der Waals surface area contributed by atoms with Gasteiger partial charge >= 0.3 is 0 Å². The number of aliphatic hydroxyl groups is 1. The van der Waals surface area contributed by atoms with Crippen LogP contribution in [0.25, 0.3) is 0 Å². The molecule has 0 saturated carbocycles. The minimum atomic E-state index is -0.775. The van der Waals surface area contributed by atoms with E-state index in [-0.39, 0.29) is 0 Å². The summed E-state index contributed by atoms with van der Waals surface area (Å²) < 4.78 is 11.3. The second-order valence-corrected chi connectivity index (χ2v) is 5.72. The molecule has 1 unspecified atom stereocenters. The number of aliphatic hydroxyl groups excluding tert-OH is 1. The van der Waals surface area contributed by atoms with Crippen LogP contribution in [0.3, 0.4) is 0 Å². The molecule has 0 bridgehead atoms. The number of hydrogen-bond donors (Lipinski definition) is 1. The zero-order valence-electron chi connectivity index (χ0n) is 11.6. The van der Waals surface area contributed by atoms with E-state index in [0.29, 0.717) is 29.5 Å². The Morgan fingerprint density at radius 3 is 2.62 bits per heavy atom. The van der Waals surface area contributed by atoms with Gasteiger partial charge in [0.2, 0.25) is 0 Å². The molecule has 1 N–H and O–H groups in total. The number of hydrogen-bond acceptors (Lipinski definition) is 3. The Balaban J connectivity index is 2.18. The second kappa shape index (κ2) is 7.80. The summed E-state index contributed by atoms with van der Waals surface area (Å²) in [6.07, 6.45) is -0.775. The molecule has 0 amide bonds. The van der Waals surface area contributed by atoms with Crippen LogP contribution in [-0.4, -0.2) is 25.4 Å². The van der Waals surface area contributed by atoms with Crippen LogP contribution in [0.2, 0.25) is 5.02 Å². The van der Waals surface area contributed by atoms with E-state index in [1.54, 1.807) is 13.2 Å². The van der Waals surface area contributed by atoms with Crippen molar-refractivity contribution < 1.29 is 14.6 Å². The van der Waals surface area contributed by atoms with Gasteiger partial charge in [-0.05, 0) is 39.7 Å². The highest BCUT2D eigenvalue weighted by Gasteiger charge is 2.15. The third kappa shape index (κ3) is 4.20. The molecular formula is C16H16BrClO3. The average Bonchev–Trinajstić information content (AvgIpc) is 2.49. The molecule has 2 aromatic rings. The van der Waals surface area contributed by atoms with Crippen molar-refractivity contribution in [3.63, 3.8) is 0 Å². The van der Waals surface area contributed by atoms with Gasteiger partial charge in [-0.2, -0.15) is 0 Å². The summed E-state index contributed by atoms with van der Waals surface area (Å²) in [5, 5.41) is 11.0. The number of benzene rings is 2. The zero-order chi connectivity index (χ0) is 15.2. The van der Waals surface area contributed by atoms with E-state index in [1.165, 1.54) is 0 Å². The van der Waals surface area contributed by atoms with Crippen molar-refractivity contribution >= 4 is 27.5 Å². The Hall–Kier alpha value is -1.07. The Morgan fingerprint density at radius 2 is 1.95 bits per heavy atom. The average molecular weight is 372 g/mol. The number of methoxy groups -OCH3 is 1. The van der Waals surface area contributed by atoms with Gasteiger partial charge in [0.15, 0.2) is 0 Å². The third-order valence-corrected chi connectivity index (χ3v) is 3.98. The minimum Gasteiger partial charge on any atom is -0.490 e. The summed E-state index contributed by atoms with van der Waals surface area (Å²) in [5.74, 6) is 0.710. The highest BCUT2D eigenvalue weighted by Crippen LogP contribution is 2.33. The molecule has 0 aliphatic rings. The van der Waals surface area contributed by atoms with Crippen LogP contribution < -0.4 is 4.74 Å². The normalized spacial score (nSPS) is 12.2. The van der Waals surface area contributed by atoms with Crippen molar-refractivity contribution in [1.29, 1.82) is 0 Å². The van der Waals surface area contributed by atoms with Gasteiger partial charge in [0.05, 0.1) is 11.1 Å². The molecular weight excluding hydrogens is 356 g/mol. The summed E-state index contributed by atoms with van der Waals surface area (Å²) in [4.78, 5) is 0. The van der Waals surface area contributed by atoms with E-state index in [1.807, 2.05) is 36.4 Å². The standard InChI is InChI=1S/C16H16BrClO3/c1-20-8-9-21-15-7-6-11(10-13(15)17)16(19)12-4-2-3-5-14(12)18/h2-7,10,16,19H,8-9H2,1H3. The largest absolute Gasteiger partial charge is 0.490 e. The van der Waals surface area contributed by atoms with Gasteiger partial charge < -0.3 is 14.6 Å². The Bertz CT molecular complexity index is 604. The lowest BCUT2D eigenvalue weighted by Crippen LogP contribution is -2.05. The molecule has 0 heterocycles. The molecule has 0 fully saturated rings. The van der Waals surface area contributed by atoms with Crippen molar-refractivity contribution in [3.05, 3.63) is 63.1 Å². The predicted molar refractivity (Wildman–Crippen MR) is 87.0 cm³/mol. The number of ether oxygens (including phenoxy) is 2. The van der Waals surface area contributed by atoms with Gasteiger partial charge in [0.25, 0.3) is 0 Å². The predicted octanol–water partition coefficient (Wildman–Crippen LogP) is 4.21. The fourth-order valence-corrected chi connectivity index (χ4v) is 2.67. The van der Waals surface area contributed by atoms with Crippen LogP contribution in [0.15, 0.2) is 46.9 Å². The molecule has 2 aromatic carbocycles. The maximum absolute atomic E-state index is 10.4. The first-order valence-electron chi connectivity index (χ1n) is 6.47. The van der Waals surface area contributed by atoms with Crippen LogP contribution in [-0.2, 0) is 4.74 Å². The summed E-state index contributed by atoms with van der Waals surface area (Å²) in [7, 11) is 1.63. The lowest BCUT2D eigenvalue weighted by atomic mass is 10.0. The molecule has 5 heteroatoms. The Morgan fingerprint density at radius 1 is 1.19 bits per heavy atom. The Labute approximate surface area is 137 Å². The molecule has 0 saturated heterocycles. The molecule has 0 radical (unpaired) electrons. The first kappa shape index (κ1) is 16.3. The highest BCUT2D eigenvalue weighted by molar-refractivity contribution is 9.10. The van der Waals surface area contributed by atoms with Crippen LogP contribution in [0.4, 0.5) is 0 Å². The molecule has 1 atom stereocenters. The van der Waals surface area contributed by atoms with Crippen molar-refractivity contribution in [2.45, 2.75) is 6.10 Å². The van der Waals surface area contributed by atoms with Crippen molar-refractivity contribution in [1.82, 2.24) is 0 Å². The molecule has 112 valence electrons. The van der Waals surface area contributed by atoms with Gasteiger partial charge in [0.1, 0.15) is 18.5 Å². The summed E-state index contributed by atoms with van der Waals surface area (Å²) in [5.41, 5.74) is 1.42. The van der Waals surface area contributed by atoms with Gasteiger partial charge in [-0.25, -0.2) is 0 Å². The number of rotatable bonds is 6. The van der Waals surface area contributed by atoms with E-state index < -0.39 is 6.10 Å². The van der Waals surface area contributed by atoms with Gasteiger partial charge in [-0.1, -0.05) is 35.9 Å². The van der Waals surface area contributed by atoms with Crippen molar-refractivity contribution in [2.24, 2.45) is 0 Å². The number of halogens is 2. The smallest absolute Gasteiger partial charge is 0.133 e. The van der Waals surface area contributed by atoms with E-state index in [9.17, 15) is 5.11 Å². The fourth-order valence-electron chi connectivity index (χ4n) is 1.92. The van der Waals surface area contributed by atoms with Crippen molar-refractivity contribution in [3.8, 4) is 5.75 Å². The van der Waals surface area contributed by atoms with Crippen LogP contribution in [0.5, 0.6) is 5.75 Å². The highest BCUT2D eigenvalue weighted by atomic mass is 79.9. The lowest BCUT2D eigenvalue weighted by molar-refractivity contribution is 0.146. The Kier molecular flexibility index (Phi) is 6.06.